The monoisotopic (exact) mass is 198 g/mol. The van der Waals surface area contributed by atoms with Gasteiger partial charge in [-0.25, -0.2) is 9.18 Å². The third kappa shape index (κ3) is 2.53. The SMILES string of the molecule is CO[C@H](Cc1ccccc1F)C(=O)O. The molecule has 0 amide bonds. The van der Waals surface area contributed by atoms with Crippen LogP contribution in [0.3, 0.4) is 0 Å². The minimum atomic E-state index is -1.09. The highest BCUT2D eigenvalue weighted by molar-refractivity contribution is 5.72. The molecule has 1 rings (SSSR count). The normalized spacial score (nSPS) is 12.4. The lowest BCUT2D eigenvalue weighted by Crippen LogP contribution is -2.25. The summed E-state index contributed by atoms with van der Waals surface area (Å²) < 4.78 is 17.8. The van der Waals surface area contributed by atoms with Crippen LogP contribution in [0.1, 0.15) is 5.56 Å². The molecule has 0 saturated heterocycles. The van der Waals surface area contributed by atoms with Gasteiger partial charge in [-0.2, -0.15) is 0 Å². The summed E-state index contributed by atoms with van der Waals surface area (Å²) in [6, 6.07) is 6.06. The van der Waals surface area contributed by atoms with Crippen LogP contribution >= 0.6 is 0 Å². The van der Waals surface area contributed by atoms with Crippen molar-refractivity contribution in [3.63, 3.8) is 0 Å². The maximum Gasteiger partial charge on any atom is 0.333 e. The van der Waals surface area contributed by atoms with Crippen LogP contribution in [0, 0.1) is 5.82 Å². The van der Waals surface area contributed by atoms with E-state index in [0.717, 1.165) is 0 Å². The minimum Gasteiger partial charge on any atom is -0.479 e. The number of halogens is 1. The van der Waals surface area contributed by atoms with Gasteiger partial charge in [0.2, 0.25) is 0 Å². The molecule has 0 aliphatic rings. The van der Waals surface area contributed by atoms with Crippen LogP contribution in [0.15, 0.2) is 24.3 Å². The van der Waals surface area contributed by atoms with E-state index in [1.165, 1.54) is 13.2 Å². The minimum absolute atomic E-state index is 0.0402. The van der Waals surface area contributed by atoms with Gasteiger partial charge in [-0.1, -0.05) is 18.2 Å². The largest absolute Gasteiger partial charge is 0.479 e. The molecule has 0 aliphatic heterocycles. The van der Waals surface area contributed by atoms with Crippen LogP contribution in [0.25, 0.3) is 0 Å². The Kier molecular flexibility index (Phi) is 3.59. The van der Waals surface area contributed by atoms with Gasteiger partial charge < -0.3 is 9.84 Å². The van der Waals surface area contributed by atoms with Crippen molar-refractivity contribution in [3.05, 3.63) is 35.6 Å². The topological polar surface area (TPSA) is 46.5 Å². The Balaban J connectivity index is 2.77. The van der Waals surface area contributed by atoms with Crippen molar-refractivity contribution < 1.29 is 19.0 Å². The number of carbonyl (C=O) groups is 1. The standard InChI is InChI=1S/C10H11FO3/c1-14-9(10(12)13)6-7-4-2-3-5-8(7)11/h2-5,9H,6H2,1H3,(H,12,13)/t9-/m1/s1. The molecular formula is C10H11FO3. The van der Waals surface area contributed by atoms with Gasteiger partial charge in [-0.05, 0) is 11.6 Å². The van der Waals surface area contributed by atoms with E-state index in [2.05, 4.69) is 0 Å². The summed E-state index contributed by atoms with van der Waals surface area (Å²) >= 11 is 0. The van der Waals surface area contributed by atoms with E-state index in [0.29, 0.717) is 5.56 Å². The van der Waals surface area contributed by atoms with Gasteiger partial charge in [-0.15, -0.1) is 0 Å². The van der Waals surface area contributed by atoms with Gasteiger partial charge >= 0.3 is 5.97 Å². The summed E-state index contributed by atoms with van der Waals surface area (Å²) in [5, 5.41) is 8.68. The van der Waals surface area contributed by atoms with Crippen molar-refractivity contribution in [1.29, 1.82) is 0 Å². The molecule has 0 aliphatic carbocycles. The van der Waals surface area contributed by atoms with Crippen molar-refractivity contribution in [2.45, 2.75) is 12.5 Å². The second kappa shape index (κ2) is 4.72. The average Bonchev–Trinajstić information content (AvgIpc) is 2.16. The van der Waals surface area contributed by atoms with Gasteiger partial charge in [0.25, 0.3) is 0 Å². The van der Waals surface area contributed by atoms with Crippen molar-refractivity contribution in [1.82, 2.24) is 0 Å². The highest BCUT2D eigenvalue weighted by Crippen LogP contribution is 2.10. The van der Waals surface area contributed by atoms with Crippen molar-refractivity contribution in [2.75, 3.05) is 7.11 Å². The Morgan fingerprint density at radius 1 is 1.57 bits per heavy atom. The van der Waals surface area contributed by atoms with Gasteiger partial charge in [0, 0.05) is 13.5 Å². The second-order valence-electron chi connectivity index (χ2n) is 2.86. The number of benzene rings is 1. The summed E-state index contributed by atoms with van der Waals surface area (Å²) in [4.78, 5) is 10.6. The molecule has 14 heavy (non-hydrogen) atoms. The maximum absolute atomic E-state index is 13.1. The highest BCUT2D eigenvalue weighted by atomic mass is 19.1. The van der Waals surface area contributed by atoms with Crippen molar-refractivity contribution >= 4 is 5.97 Å². The van der Waals surface area contributed by atoms with Gasteiger partial charge in [-0.3, -0.25) is 0 Å². The number of aliphatic carboxylic acids is 1. The number of ether oxygens (including phenoxy) is 1. The Morgan fingerprint density at radius 3 is 2.71 bits per heavy atom. The molecule has 1 atom stereocenters. The first kappa shape index (κ1) is 10.7. The predicted molar refractivity (Wildman–Crippen MR) is 48.5 cm³/mol. The molecule has 1 aromatic rings. The summed E-state index contributed by atoms with van der Waals surface area (Å²) in [7, 11) is 1.29. The Bertz CT molecular complexity index is 325. The van der Waals surface area contributed by atoms with Gasteiger partial charge in [0.1, 0.15) is 5.82 Å². The predicted octanol–water partition coefficient (Wildman–Crippen LogP) is 1.47. The molecule has 1 N–H and O–H groups in total. The first-order valence-corrected chi connectivity index (χ1v) is 4.14. The molecule has 3 nitrogen and oxygen atoms in total. The number of rotatable bonds is 4. The number of methoxy groups -OCH3 is 1. The van der Waals surface area contributed by atoms with Gasteiger partial charge in [0.05, 0.1) is 0 Å². The number of carboxylic acids is 1. The number of hydrogen-bond donors (Lipinski definition) is 1. The molecule has 0 heterocycles. The third-order valence-corrected chi connectivity index (χ3v) is 1.92. The fourth-order valence-electron chi connectivity index (χ4n) is 1.14. The molecule has 0 spiro atoms. The Morgan fingerprint density at radius 2 is 2.21 bits per heavy atom. The van der Waals surface area contributed by atoms with E-state index in [1.54, 1.807) is 18.2 Å². The maximum atomic E-state index is 13.1. The molecule has 0 unspecified atom stereocenters. The van der Waals surface area contributed by atoms with E-state index in [1.807, 2.05) is 0 Å². The molecular weight excluding hydrogens is 187 g/mol. The lowest BCUT2D eigenvalue weighted by Gasteiger charge is -2.10. The van der Waals surface area contributed by atoms with E-state index < -0.39 is 17.9 Å². The molecule has 76 valence electrons. The average molecular weight is 198 g/mol. The molecule has 0 radical (unpaired) electrons. The molecule has 0 aromatic heterocycles. The van der Waals surface area contributed by atoms with Crippen LogP contribution in [-0.2, 0) is 16.0 Å². The zero-order valence-corrected chi connectivity index (χ0v) is 7.74. The van der Waals surface area contributed by atoms with E-state index in [-0.39, 0.29) is 6.42 Å². The van der Waals surface area contributed by atoms with Crippen LogP contribution in [0.4, 0.5) is 4.39 Å². The van der Waals surface area contributed by atoms with E-state index >= 15 is 0 Å². The lowest BCUT2D eigenvalue weighted by atomic mass is 10.1. The molecule has 0 bridgehead atoms. The fourth-order valence-corrected chi connectivity index (χ4v) is 1.14. The van der Waals surface area contributed by atoms with Crippen LogP contribution < -0.4 is 0 Å². The summed E-state index contributed by atoms with van der Waals surface area (Å²) in [5.41, 5.74) is 0.349. The van der Waals surface area contributed by atoms with E-state index in [4.69, 9.17) is 9.84 Å². The molecule has 0 saturated carbocycles. The quantitative estimate of drug-likeness (QED) is 0.796. The highest BCUT2D eigenvalue weighted by Gasteiger charge is 2.18. The number of carboxylic acid groups (broad SMARTS) is 1. The summed E-state index contributed by atoms with van der Waals surface area (Å²) in [6.07, 6.45) is -0.953. The lowest BCUT2D eigenvalue weighted by molar-refractivity contribution is -0.148. The Labute approximate surface area is 81.1 Å². The van der Waals surface area contributed by atoms with Gasteiger partial charge in [0.15, 0.2) is 6.10 Å². The van der Waals surface area contributed by atoms with E-state index in [9.17, 15) is 9.18 Å². The zero-order valence-electron chi connectivity index (χ0n) is 7.74. The molecule has 1 aromatic carbocycles. The fraction of sp³-hybridized carbons (Fsp3) is 0.300. The smallest absolute Gasteiger partial charge is 0.333 e. The summed E-state index contributed by atoms with van der Waals surface area (Å²) in [6.45, 7) is 0. The first-order valence-electron chi connectivity index (χ1n) is 4.14. The third-order valence-electron chi connectivity index (χ3n) is 1.92. The Hall–Kier alpha value is -1.42. The van der Waals surface area contributed by atoms with Crippen molar-refractivity contribution in [2.24, 2.45) is 0 Å². The molecule has 0 fully saturated rings. The number of hydrogen-bond acceptors (Lipinski definition) is 2. The second-order valence-corrected chi connectivity index (χ2v) is 2.86. The summed E-state index contributed by atoms with van der Waals surface area (Å²) in [5.74, 6) is -1.49. The van der Waals surface area contributed by atoms with Crippen LogP contribution in [0.5, 0.6) is 0 Å². The van der Waals surface area contributed by atoms with Crippen molar-refractivity contribution in [3.8, 4) is 0 Å². The zero-order chi connectivity index (χ0) is 10.6. The van der Waals surface area contributed by atoms with Crippen LogP contribution in [-0.4, -0.2) is 24.3 Å². The van der Waals surface area contributed by atoms with Crippen LogP contribution in [0.2, 0.25) is 0 Å². The first-order chi connectivity index (χ1) is 6.65. The molecule has 4 heteroatoms.